The summed E-state index contributed by atoms with van der Waals surface area (Å²) in [4.78, 5) is 10.7. The van der Waals surface area contributed by atoms with E-state index in [1.165, 1.54) is 19.3 Å². The second kappa shape index (κ2) is 5.77. The van der Waals surface area contributed by atoms with Gasteiger partial charge in [0.1, 0.15) is 11.4 Å². The summed E-state index contributed by atoms with van der Waals surface area (Å²) in [5, 5.41) is 9.60. The molecule has 17 heavy (non-hydrogen) atoms. The maximum Gasteiger partial charge on any atom is 0.142 e. The average Bonchev–Trinajstić information content (AvgIpc) is 2.35. The number of hydrogen-bond donors (Lipinski definition) is 1. The summed E-state index contributed by atoms with van der Waals surface area (Å²) in [6.07, 6.45) is 5.49. The molecule has 0 saturated carbocycles. The highest BCUT2D eigenvalue weighted by molar-refractivity contribution is 5.80. The molecule has 4 heteroatoms. The third-order valence-electron chi connectivity index (χ3n) is 3.05. The molecule has 1 fully saturated rings. The van der Waals surface area contributed by atoms with Crippen LogP contribution in [-0.4, -0.2) is 41.3 Å². The molecular formula is C13H19N3O. The van der Waals surface area contributed by atoms with Gasteiger partial charge in [0, 0.05) is 13.6 Å². The van der Waals surface area contributed by atoms with Crippen LogP contribution in [0.4, 0.5) is 0 Å². The minimum Gasteiger partial charge on any atom is -0.506 e. The molecule has 4 nitrogen and oxygen atoms in total. The first-order chi connectivity index (χ1) is 8.29. The van der Waals surface area contributed by atoms with Crippen molar-refractivity contribution in [1.29, 1.82) is 0 Å². The van der Waals surface area contributed by atoms with Crippen LogP contribution in [0.1, 0.15) is 30.7 Å². The number of pyridine rings is 1. The SMILES string of the molecule is CN=Cc1nc(CN2CCCCC2)ccc1O. The molecule has 0 bridgehead atoms. The molecule has 0 aliphatic carbocycles. The second-order valence-corrected chi connectivity index (χ2v) is 4.43. The minimum absolute atomic E-state index is 0.193. The summed E-state index contributed by atoms with van der Waals surface area (Å²) < 4.78 is 0. The highest BCUT2D eigenvalue weighted by atomic mass is 16.3. The Morgan fingerprint density at radius 2 is 2.12 bits per heavy atom. The zero-order valence-electron chi connectivity index (χ0n) is 10.3. The van der Waals surface area contributed by atoms with Crippen LogP contribution in [-0.2, 0) is 6.54 Å². The standard InChI is InChI=1S/C13H19N3O/c1-14-9-12-13(17)6-5-11(15-12)10-16-7-3-2-4-8-16/h5-6,9,17H,2-4,7-8,10H2,1H3. The quantitative estimate of drug-likeness (QED) is 0.810. The lowest BCUT2D eigenvalue weighted by atomic mass is 10.1. The van der Waals surface area contributed by atoms with Crippen molar-refractivity contribution in [2.75, 3.05) is 20.1 Å². The van der Waals surface area contributed by atoms with Gasteiger partial charge in [-0.05, 0) is 38.1 Å². The third-order valence-corrected chi connectivity index (χ3v) is 3.05. The monoisotopic (exact) mass is 233 g/mol. The Morgan fingerprint density at radius 1 is 1.35 bits per heavy atom. The van der Waals surface area contributed by atoms with Crippen molar-refractivity contribution in [2.24, 2.45) is 4.99 Å². The molecule has 1 aromatic heterocycles. The van der Waals surface area contributed by atoms with E-state index in [1.807, 2.05) is 6.07 Å². The normalized spacial score (nSPS) is 17.7. The Labute approximate surface area is 102 Å². The maximum atomic E-state index is 9.60. The van der Waals surface area contributed by atoms with E-state index in [9.17, 15) is 5.11 Å². The van der Waals surface area contributed by atoms with E-state index in [0.29, 0.717) is 5.69 Å². The van der Waals surface area contributed by atoms with Gasteiger partial charge >= 0.3 is 0 Å². The van der Waals surface area contributed by atoms with Gasteiger partial charge in [0.15, 0.2) is 0 Å². The van der Waals surface area contributed by atoms with Gasteiger partial charge in [0.2, 0.25) is 0 Å². The number of nitrogens with zero attached hydrogens (tertiary/aromatic N) is 3. The van der Waals surface area contributed by atoms with E-state index in [2.05, 4.69) is 14.9 Å². The highest BCUT2D eigenvalue weighted by Gasteiger charge is 2.11. The van der Waals surface area contributed by atoms with Gasteiger partial charge in [-0.15, -0.1) is 0 Å². The lowest BCUT2D eigenvalue weighted by Gasteiger charge is -2.26. The van der Waals surface area contributed by atoms with Crippen LogP contribution in [0.25, 0.3) is 0 Å². The predicted molar refractivity (Wildman–Crippen MR) is 68.5 cm³/mol. The Hall–Kier alpha value is -1.42. The number of likely N-dealkylation sites (tertiary alicyclic amines) is 1. The maximum absolute atomic E-state index is 9.60. The van der Waals surface area contributed by atoms with Crippen molar-refractivity contribution >= 4 is 6.21 Å². The topological polar surface area (TPSA) is 48.7 Å². The van der Waals surface area contributed by atoms with Gasteiger partial charge in [0.05, 0.1) is 11.9 Å². The molecular weight excluding hydrogens is 214 g/mol. The van der Waals surface area contributed by atoms with E-state index in [1.54, 1.807) is 19.3 Å². The van der Waals surface area contributed by atoms with Crippen LogP contribution >= 0.6 is 0 Å². The fourth-order valence-corrected chi connectivity index (χ4v) is 2.16. The lowest BCUT2D eigenvalue weighted by Crippen LogP contribution is -2.29. The first kappa shape index (κ1) is 12.0. The number of aromatic hydroxyl groups is 1. The molecule has 0 aromatic carbocycles. The molecule has 0 unspecified atom stereocenters. The van der Waals surface area contributed by atoms with E-state index >= 15 is 0 Å². The van der Waals surface area contributed by atoms with Gasteiger partial charge in [-0.2, -0.15) is 0 Å². The molecule has 0 radical (unpaired) electrons. The molecule has 0 amide bonds. The van der Waals surface area contributed by atoms with Crippen molar-refractivity contribution in [3.8, 4) is 5.75 Å². The number of piperidine rings is 1. The Balaban J connectivity index is 2.07. The Morgan fingerprint density at radius 3 is 2.82 bits per heavy atom. The van der Waals surface area contributed by atoms with E-state index in [-0.39, 0.29) is 5.75 Å². The summed E-state index contributed by atoms with van der Waals surface area (Å²) >= 11 is 0. The number of hydrogen-bond acceptors (Lipinski definition) is 4. The van der Waals surface area contributed by atoms with Gasteiger partial charge in [-0.3, -0.25) is 9.89 Å². The van der Waals surface area contributed by atoms with Crippen molar-refractivity contribution in [1.82, 2.24) is 9.88 Å². The molecule has 2 heterocycles. The smallest absolute Gasteiger partial charge is 0.142 e. The molecule has 1 N–H and O–H groups in total. The predicted octanol–water partition coefficient (Wildman–Crippen LogP) is 1.82. The average molecular weight is 233 g/mol. The fraction of sp³-hybridized carbons (Fsp3) is 0.538. The summed E-state index contributed by atoms with van der Waals surface area (Å²) in [7, 11) is 1.68. The number of rotatable bonds is 3. The minimum atomic E-state index is 0.193. The highest BCUT2D eigenvalue weighted by Crippen LogP contribution is 2.16. The second-order valence-electron chi connectivity index (χ2n) is 4.43. The fourth-order valence-electron chi connectivity index (χ4n) is 2.16. The van der Waals surface area contributed by atoms with E-state index in [0.717, 1.165) is 25.3 Å². The number of aromatic nitrogens is 1. The first-order valence-corrected chi connectivity index (χ1v) is 6.13. The van der Waals surface area contributed by atoms with Gasteiger partial charge < -0.3 is 5.11 Å². The molecule has 1 aromatic rings. The van der Waals surface area contributed by atoms with Crippen molar-refractivity contribution in [2.45, 2.75) is 25.8 Å². The van der Waals surface area contributed by atoms with Crippen molar-refractivity contribution in [3.05, 3.63) is 23.5 Å². The molecule has 1 aliphatic rings. The molecule has 0 spiro atoms. The molecule has 2 rings (SSSR count). The lowest BCUT2D eigenvalue weighted by molar-refractivity contribution is 0.218. The number of aliphatic imine (C=N–C) groups is 1. The Kier molecular flexibility index (Phi) is 4.09. The largest absolute Gasteiger partial charge is 0.506 e. The zero-order valence-corrected chi connectivity index (χ0v) is 10.3. The molecule has 0 atom stereocenters. The summed E-state index contributed by atoms with van der Waals surface area (Å²) in [6.45, 7) is 3.17. The van der Waals surface area contributed by atoms with Crippen LogP contribution in [0, 0.1) is 0 Å². The Bertz CT molecular complexity index is 398. The van der Waals surface area contributed by atoms with Crippen molar-refractivity contribution < 1.29 is 5.11 Å². The van der Waals surface area contributed by atoms with Gasteiger partial charge in [0.25, 0.3) is 0 Å². The van der Waals surface area contributed by atoms with Crippen molar-refractivity contribution in [3.63, 3.8) is 0 Å². The van der Waals surface area contributed by atoms with Gasteiger partial charge in [-0.1, -0.05) is 6.42 Å². The van der Waals surface area contributed by atoms with Crippen LogP contribution in [0.15, 0.2) is 17.1 Å². The van der Waals surface area contributed by atoms with E-state index < -0.39 is 0 Å². The summed E-state index contributed by atoms with van der Waals surface area (Å²) in [5.74, 6) is 0.193. The zero-order chi connectivity index (χ0) is 12.1. The summed E-state index contributed by atoms with van der Waals surface area (Å²) in [5.41, 5.74) is 1.56. The van der Waals surface area contributed by atoms with Crippen LogP contribution in [0.2, 0.25) is 0 Å². The van der Waals surface area contributed by atoms with Gasteiger partial charge in [-0.25, -0.2) is 4.98 Å². The van der Waals surface area contributed by atoms with Crippen LogP contribution < -0.4 is 0 Å². The first-order valence-electron chi connectivity index (χ1n) is 6.13. The molecule has 1 aliphatic heterocycles. The summed E-state index contributed by atoms with van der Waals surface area (Å²) in [6, 6.07) is 3.58. The van der Waals surface area contributed by atoms with E-state index in [4.69, 9.17) is 0 Å². The molecule has 92 valence electrons. The molecule has 1 saturated heterocycles. The third kappa shape index (κ3) is 3.27. The van der Waals surface area contributed by atoms with Crippen LogP contribution in [0.5, 0.6) is 5.75 Å². The van der Waals surface area contributed by atoms with Crippen LogP contribution in [0.3, 0.4) is 0 Å².